The van der Waals surface area contributed by atoms with Crippen LogP contribution in [0.1, 0.15) is 30.6 Å². The quantitative estimate of drug-likeness (QED) is 0.829. The fourth-order valence-corrected chi connectivity index (χ4v) is 1.53. The Bertz CT molecular complexity index is 468. The van der Waals surface area contributed by atoms with Crippen LogP contribution >= 0.6 is 0 Å². The van der Waals surface area contributed by atoms with E-state index < -0.39 is 11.6 Å². The van der Waals surface area contributed by atoms with E-state index >= 15 is 0 Å². The Hall–Kier alpha value is -1.88. The highest BCUT2D eigenvalue weighted by atomic mass is 16.5. The van der Waals surface area contributed by atoms with E-state index in [1.165, 1.54) is 7.11 Å². The maximum Gasteiger partial charge on any atom is 0.339 e. The van der Waals surface area contributed by atoms with Gasteiger partial charge in [0.15, 0.2) is 0 Å². The number of hydrogen-bond acceptors (Lipinski definition) is 4. The number of amides is 1. The highest BCUT2D eigenvalue weighted by molar-refractivity contribution is 6.01. The topological polar surface area (TPSA) is 64.6 Å². The van der Waals surface area contributed by atoms with Gasteiger partial charge in [0.1, 0.15) is 0 Å². The predicted molar refractivity (Wildman–Crippen MR) is 72.1 cm³/mol. The van der Waals surface area contributed by atoms with E-state index in [-0.39, 0.29) is 12.3 Å². The van der Waals surface area contributed by atoms with Crippen molar-refractivity contribution in [3.63, 3.8) is 0 Å². The van der Waals surface area contributed by atoms with Crippen LogP contribution in [0.25, 0.3) is 0 Å². The number of benzene rings is 1. The summed E-state index contributed by atoms with van der Waals surface area (Å²) in [6, 6.07) is 6.71. The summed E-state index contributed by atoms with van der Waals surface area (Å²) in [6.07, 6.45) is 0.193. The lowest BCUT2D eigenvalue weighted by atomic mass is 10.0. The molecule has 5 nitrogen and oxygen atoms in total. The summed E-state index contributed by atoms with van der Waals surface area (Å²) in [5, 5.41) is 2.70. The number of carbonyl (C=O) groups is 2. The van der Waals surface area contributed by atoms with Crippen molar-refractivity contribution >= 4 is 17.6 Å². The van der Waals surface area contributed by atoms with Crippen LogP contribution in [0, 0.1) is 0 Å². The number of nitrogens with one attached hydrogen (secondary N) is 1. The smallest absolute Gasteiger partial charge is 0.339 e. The lowest BCUT2D eigenvalue weighted by molar-refractivity contribution is -0.121. The van der Waals surface area contributed by atoms with E-state index in [9.17, 15) is 9.59 Å². The third-order valence-corrected chi connectivity index (χ3v) is 2.75. The molecule has 0 radical (unpaired) electrons. The van der Waals surface area contributed by atoms with Gasteiger partial charge < -0.3 is 14.8 Å². The molecule has 1 N–H and O–H groups in total. The minimum Gasteiger partial charge on any atom is -0.465 e. The average molecular weight is 265 g/mol. The van der Waals surface area contributed by atoms with Gasteiger partial charge in [0, 0.05) is 7.11 Å². The van der Waals surface area contributed by atoms with Crippen molar-refractivity contribution < 1.29 is 19.1 Å². The van der Waals surface area contributed by atoms with E-state index in [4.69, 9.17) is 4.74 Å². The highest BCUT2D eigenvalue weighted by Gasteiger charge is 2.22. The van der Waals surface area contributed by atoms with Crippen LogP contribution in [-0.4, -0.2) is 31.7 Å². The molecule has 0 aliphatic rings. The zero-order valence-electron chi connectivity index (χ0n) is 11.6. The van der Waals surface area contributed by atoms with Gasteiger partial charge in [0.2, 0.25) is 5.91 Å². The number of para-hydroxylation sites is 1. The molecule has 1 rings (SSSR count). The Kier molecular flexibility index (Phi) is 5.06. The number of ether oxygens (including phenoxy) is 2. The van der Waals surface area contributed by atoms with Gasteiger partial charge in [-0.05, 0) is 26.0 Å². The number of rotatable bonds is 5. The zero-order chi connectivity index (χ0) is 14.5. The van der Waals surface area contributed by atoms with Crippen LogP contribution in [0.2, 0.25) is 0 Å². The summed E-state index contributed by atoms with van der Waals surface area (Å²) in [6.45, 7) is 3.64. The number of carbonyl (C=O) groups excluding carboxylic acids is 2. The fourth-order valence-electron chi connectivity index (χ4n) is 1.53. The fraction of sp³-hybridized carbons (Fsp3) is 0.429. The average Bonchev–Trinajstić information content (AvgIpc) is 2.37. The van der Waals surface area contributed by atoms with Gasteiger partial charge in [0.05, 0.1) is 30.4 Å². The number of anilines is 1. The van der Waals surface area contributed by atoms with Gasteiger partial charge in [-0.25, -0.2) is 4.79 Å². The summed E-state index contributed by atoms with van der Waals surface area (Å²) in [5.74, 6) is -0.704. The first-order chi connectivity index (χ1) is 8.89. The van der Waals surface area contributed by atoms with Gasteiger partial charge in [-0.3, -0.25) is 4.79 Å². The Labute approximate surface area is 112 Å². The largest absolute Gasteiger partial charge is 0.465 e. The van der Waals surface area contributed by atoms with Crippen LogP contribution in [-0.2, 0) is 14.3 Å². The van der Waals surface area contributed by atoms with E-state index in [1.807, 2.05) is 13.8 Å². The van der Waals surface area contributed by atoms with Crippen molar-refractivity contribution in [2.45, 2.75) is 25.9 Å². The van der Waals surface area contributed by atoms with Gasteiger partial charge in [-0.1, -0.05) is 12.1 Å². The molecule has 0 bridgehead atoms. The molecule has 0 atom stereocenters. The first-order valence-corrected chi connectivity index (χ1v) is 5.92. The van der Waals surface area contributed by atoms with Crippen molar-refractivity contribution in [1.82, 2.24) is 0 Å². The summed E-state index contributed by atoms with van der Waals surface area (Å²) in [4.78, 5) is 23.5. The van der Waals surface area contributed by atoms with Gasteiger partial charge >= 0.3 is 5.97 Å². The lowest BCUT2D eigenvalue weighted by Crippen LogP contribution is -2.29. The molecule has 19 heavy (non-hydrogen) atoms. The van der Waals surface area contributed by atoms with Crippen LogP contribution in [0.5, 0.6) is 0 Å². The monoisotopic (exact) mass is 265 g/mol. The molecule has 1 aromatic carbocycles. The molecule has 104 valence electrons. The molecule has 0 spiro atoms. The summed E-state index contributed by atoms with van der Waals surface area (Å²) in [5.41, 5.74) is 0.212. The predicted octanol–water partition coefficient (Wildman–Crippen LogP) is 2.23. The first kappa shape index (κ1) is 15.2. The number of methoxy groups -OCH3 is 2. The second kappa shape index (κ2) is 6.33. The zero-order valence-corrected chi connectivity index (χ0v) is 11.6. The second-order valence-corrected chi connectivity index (χ2v) is 4.73. The molecule has 0 aliphatic carbocycles. The normalized spacial score (nSPS) is 10.9. The molecule has 1 aromatic rings. The summed E-state index contributed by atoms with van der Waals surface area (Å²) >= 11 is 0. The van der Waals surface area contributed by atoms with Gasteiger partial charge in [0.25, 0.3) is 0 Å². The Morgan fingerprint density at radius 3 is 2.42 bits per heavy atom. The number of hydrogen-bond donors (Lipinski definition) is 1. The van der Waals surface area contributed by atoms with Crippen molar-refractivity contribution in [3.05, 3.63) is 29.8 Å². The Morgan fingerprint density at radius 1 is 1.21 bits per heavy atom. The molecule has 0 unspecified atom stereocenters. The molecule has 0 aromatic heterocycles. The van der Waals surface area contributed by atoms with Crippen LogP contribution in [0.4, 0.5) is 5.69 Å². The molecular formula is C14H19NO4. The Morgan fingerprint density at radius 2 is 1.84 bits per heavy atom. The van der Waals surface area contributed by atoms with Crippen molar-refractivity contribution in [2.24, 2.45) is 0 Å². The highest BCUT2D eigenvalue weighted by Crippen LogP contribution is 2.19. The standard InChI is InChI=1S/C14H19NO4/c1-14(2,19-4)9-12(16)15-11-8-6-5-7-10(11)13(17)18-3/h5-8H,9H2,1-4H3,(H,15,16). The summed E-state index contributed by atoms with van der Waals surface area (Å²) < 4.78 is 9.86. The van der Waals surface area contributed by atoms with Crippen molar-refractivity contribution in [2.75, 3.05) is 19.5 Å². The van der Waals surface area contributed by atoms with Crippen molar-refractivity contribution in [1.29, 1.82) is 0 Å². The second-order valence-electron chi connectivity index (χ2n) is 4.73. The van der Waals surface area contributed by atoms with Crippen LogP contribution in [0.3, 0.4) is 0 Å². The molecule has 1 amide bonds. The molecule has 0 fully saturated rings. The Balaban J connectivity index is 2.83. The third-order valence-electron chi connectivity index (χ3n) is 2.75. The number of esters is 1. The molecular weight excluding hydrogens is 246 g/mol. The lowest BCUT2D eigenvalue weighted by Gasteiger charge is -2.22. The molecule has 0 saturated heterocycles. The van der Waals surface area contributed by atoms with E-state index in [1.54, 1.807) is 31.4 Å². The maximum atomic E-state index is 11.9. The molecule has 0 aliphatic heterocycles. The van der Waals surface area contributed by atoms with E-state index in [0.717, 1.165) is 0 Å². The third kappa shape index (κ3) is 4.37. The van der Waals surface area contributed by atoms with Crippen LogP contribution in [0.15, 0.2) is 24.3 Å². The van der Waals surface area contributed by atoms with Crippen molar-refractivity contribution in [3.8, 4) is 0 Å². The first-order valence-electron chi connectivity index (χ1n) is 5.92. The minimum atomic E-state index is -0.551. The SMILES string of the molecule is COC(=O)c1ccccc1NC(=O)CC(C)(C)OC. The molecule has 0 saturated carbocycles. The van der Waals surface area contributed by atoms with E-state index in [2.05, 4.69) is 10.1 Å². The van der Waals surface area contributed by atoms with Crippen LogP contribution < -0.4 is 5.32 Å². The maximum absolute atomic E-state index is 11.9. The minimum absolute atomic E-state index is 0.193. The van der Waals surface area contributed by atoms with Gasteiger partial charge in [-0.15, -0.1) is 0 Å². The summed E-state index contributed by atoms with van der Waals surface area (Å²) in [7, 11) is 2.85. The molecule has 0 heterocycles. The molecule has 5 heteroatoms. The van der Waals surface area contributed by atoms with E-state index in [0.29, 0.717) is 11.3 Å². The van der Waals surface area contributed by atoms with Gasteiger partial charge in [-0.2, -0.15) is 0 Å².